The van der Waals surface area contributed by atoms with E-state index in [9.17, 15) is 0 Å². The van der Waals surface area contributed by atoms with Gasteiger partial charge in [0.05, 0.1) is 0 Å². The van der Waals surface area contributed by atoms with Crippen molar-refractivity contribution in [2.45, 2.75) is 0 Å². The Morgan fingerprint density at radius 3 is 1.93 bits per heavy atom. The zero-order chi connectivity index (χ0) is 10.8. The van der Waals surface area contributed by atoms with Gasteiger partial charge < -0.3 is 17.0 Å². The largest absolute Gasteiger partial charge is 0.367 e. The lowest BCUT2D eigenvalue weighted by molar-refractivity contribution is 0.986. The Labute approximate surface area is 82.1 Å². The van der Waals surface area contributed by atoms with Crippen molar-refractivity contribution in [3.05, 3.63) is 30.3 Å². The maximum absolute atomic E-state index is 5.10. The lowest BCUT2D eigenvalue weighted by Crippen LogP contribution is -2.37. The molecule has 7 nitrogen and oxygen atoms in total. The number of hydrazone groups is 1. The molecule has 1 rings (SSSR count). The molecule has 0 amide bonds. The van der Waals surface area contributed by atoms with Gasteiger partial charge in [0.15, 0.2) is 0 Å². The number of nitrogen functional groups attached to an aromatic ring is 1. The summed E-state index contributed by atoms with van der Waals surface area (Å²) < 4.78 is 0. The fourth-order valence-corrected chi connectivity index (χ4v) is 0.572. The quantitative estimate of drug-likeness (QED) is 0.142. The Balaban J connectivity index is 0.000000255. The predicted molar refractivity (Wildman–Crippen MR) is 57.4 cm³/mol. The molecule has 0 aliphatic heterocycles. The molecule has 14 heavy (non-hydrogen) atoms. The highest BCUT2D eigenvalue weighted by Gasteiger charge is 1.78. The highest BCUT2D eigenvalue weighted by atomic mass is 15.3. The second-order valence-corrected chi connectivity index (χ2v) is 2.17. The molecule has 0 bridgehead atoms. The number of rotatable bonds is 1. The van der Waals surface area contributed by atoms with E-state index in [0.717, 1.165) is 5.69 Å². The number of hydrogen-bond acceptors (Lipinski definition) is 5. The van der Waals surface area contributed by atoms with Gasteiger partial charge in [-0.15, -0.1) is 5.10 Å². The molecule has 0 saturated carbocycles. The average Bonchev–Trinajstić information content (AvgIpc) is 2.30. The number of para-hydroxylation sites is 1. The van der Waals surface area contributed by atoms with Gasteiger partial charge in [0.25, 0.3) is 0 Å². The van der Waals surface area contributed by atoms with E-state index in [4.69, 9.17) is 17.4 Å². The molecule has 7 heteroatoms. The van der Waals surface area contributed by atoms with Gasteiger partial charge in [-0.2, -0.15) is 0 Å². The predicted octanol–water partition coefficient (Wildman–Crippen LogP) is -1.39. The van der Waals surface area contributed by atoms with E-state index < -0.39 is 0 Å². The van der Waals surface area contributed by atoms with Crippen molar-refractivity contribution in [1.82, 2.24) is 5.43 Å². The summed E-state index contributed by atoms with van der Waals surface area (Å²) in [5, 5.41) is 2.97. The van der Waals surface area contributed by atoms with Crippen LogP contribution >= 0.6 is 0 Å². The molecule has 1 aromatic rings. The van der Waals surface area contributed by atoms with E-state index in [1.165, 1.54) is 0 Å². The van der Waals surface area contributed by atoms with Gasteiger partial charge in [-0.05, 0) is 12.1 Å². The van der Waals surface area contributed by atoms with Crippen LogP contribution in [0.15, 0.2) is 35.4 Å². The molecule has 0 unspecified atom stereocenters. The van der Waals surface area contributed by atoms with E-state index in [1.807, 2.05) is 35.8 Å². The summed E-state index contributed by atoms with van der Waals surface area (Å²) in [6, 6.07) is 9.60. The first-order valence-electron chi connectivity index (χ1n) is 3.76. The minimum absolute atomic E-state index is 0.0231. The third kappa shape index (κ3) is 5.63. The summed E-state index contributed by atoms with van der Waals surface area (Å²) in [5.41, 5.74) is 10.3. The Morgan fingerprint density at radius 1 is 1.14 bits per heavy atom. The fraction of sp³-hybridized carbons (Fsp3) is 0. The molecule has 1 aromatic carbocycles. The number of anilines is 1. The summed E-state index contributed by atoms with van der Waals surface area (Å²) in [6.07, 6.45) is 0. The van der Waals surface area contributed by atoms with Crippen LogP contribution < -0.4 is 34.1 Å². The third-order valence-corrected chi connectivity index (χ3v) is 1.23. The normalized spacial score (nSPS) is 9.71. The number of nitrogens with two attached hydrogens (primary N) is 4. The first-order valence-corrected chi connectivity index (χ1v) is 3.76. The lowest BCUT2D eigenvalue weighted by atomic mass is 10.3. The molecule has 0 atom stereocenters. The molecule has 0 aliphatic carbocycles. The third-order valence-electron chi connectivity index (χ3n) is 1.23. The van der Waals surface area contributed by atoms with Gasteiger partial charge >= 0.3 is 0 Å². The number of benzene rings is 1. The van der Waals surface area contributed by atoms with Crippen molar-refractivity contribution in [1.29, 1.82) is 0 Å². The van der Waals surface area contributed by atoms with Crippen LogP contribution in [0, 0.1) is 0 Å². The van der Waals surface area contributed by atoms with Crippen LogP contribution in [0.25, 0.3) is 0 Å². The van der Waals surface area contributed by atoms with Crippen LogP contribution in [0.4, 0.5) is 5.69 Å². The highest BCUT2D eigenvalue weighted by molar-refractivity contribution is 5.76. The van der Waals surface area contributed by atoms with E-state index in [-0.39, 0.29) is 5.96 Å². The number of hydrazine groups is 2. The molecular formula is C7H15N7. The molecule has 0 spiro atoms. The standard InChI is InChI=1S/C6H8N2.CH7N5/c7-8-6-4-2-1-3-5-6;2-1(5-3)6-4/h1-5,8H,7H2;3-4H2,(H3,2,5,6). The van der Waals surface area contributed by atoms with Crippen LogP contribution in [-0.4, -0.2) is 5.96 Å². The Hall–Kier alpha value is -1.99. The fourth-order valence-electron chi connectivity index (χ4n) is 0.572. The topological polar surface area (TPSA) is 140 Å². The Bertz CT molecular complexity index is 258. The van der Waals surface area contributed by atoms with Crippen LogP contribution in [0.3, 0.4) is 0 Å². The van der Waals surface area contributed by atoms with Gasteiger partial charge in [0.2, 0.25) is 5.96 Å². The van der Waals surface area contributed by atoms with Crippen molar-refractivity contribution in [3.63, 3.8) is 0 Å². The molecule has 10 N–H and O–H groups in total. The number of nitrogens with zero attached hydrogens (tertiary/aromatic N) is 1. The van der Waals surface area contributed by atoms with E-state index >= 15 is 0 Å². The van der Waals surface area contributed by atoms with Crippen molar-refractivity contribution in [2.24, 2.45) is 28.4 Å². The number of nitrogens with one attached hydrogen (secondary N) is 2. The molecular weight excluding hydrogens is 182 g/mol. The van der Waals surface area contributed by atoms with Crippen molar-refractivity contribution in [3.8, 4) is 0 Å². The van der Waals surface area contributed by atoms with Crippen molar-refractivity contribution in [2.75, 3.05) is 5.43 Å². The molecule has 0 fully saturated rings. The zero-order valence-electron chi connectivity index (χ0n) is 7.64. The maximum Gasteiger partial charge on any atom is 0.224 e. The summed E-state index contributed by atoms with van der Waals surface area (Å²) >= 11 is 0. The lowest BCUT2D eigenvalue weighted by Gasteiger charge is -1.94. The average molecular weight is 197 g/mol. The van der Waals surface area contributed by atoms with Gasteiger partial charge in [-0.25, -0.2) is 5.84 Å². The van der Waals surface area contributed by atoms with Crippen LogP contribution in [0.1, 0.15) is 0 Å². The summed E-state index contributed by atoms with van der Waals surface area (Å²) in [6.45, 7) is 0. The molecule has 0 heterocycles. The summed E-state index contributed by atoms with van der Waals surface area (Å²) in [7, 11) is 0. The molecule has 0 radical (unpaired) electrons. The summed E-state index contributed by atoms with van der Waals surface area (Å²) in [4.78, 5) is 0. The van der Waals surface area contributed by atoms with Crippen LogP contribution in [0.5, 0.6) is 0 Å². The van der Waals surface area contributed by atoms with Crippen LogP contribution in [-0.2, 0) is 0 Å². The zero-order valence-corrected chi connectivity index (χ0v) is 7.64. The number of guanidine groups is 1. The minimum atomic E-state index is 0.0231. The monoisotopic (exact) mass is 197 g/mol. The first-order chi connectivity index (χ1) is 6.74. The highest BCUT2D eigenvalue weighted by Crippen LogP contribution is 2.00. The van der Waals surface area contributed by atoms with Crippen LogP contribution in [0.2, 0.25) is 0 Å². The minimum Gasteiger partial charge on any atom is -0.367 e. The SMILES string of the molecule is NN=C(N)NN.NNc1ccccc1. The number of hydrogen-bond donors (Lipinski definition) is 6. The van der Waals surface area contributed by atoms with E-state index in [2.05, 4.69) is 16.4 Å². The summed E-state index contributed by atoms with van der Waals surface area (Å²) in [5.74, 6) is 14.4. The Morgan fingerprint density at radius 2 is 1.71 bits per heavy atom. The van der Waals surface area contributed by atoms with Crippen molar-refractivity contribution < 1.29 is 0 Å². The first kappa shape index (κ1) is 12.0. The second-order valence-electron chi connectivity index (χ2n) is 2.17. The second kappa shape index (κ2) is 7.65. The van der Waals surface area contributed by atoms with Crippen molar-refractivity contribution >= 4 is 11.6 Å². The molecule has 78 valence electrons. The van der Waals surface area contributed by atoms with E-state index in [1.54, 1.807) is 0 Å². The molecule has 0 aromatic heterocycles. The molecule has 0 aliphatic rings. The maximum atomic E-state index is 5.10. The van der Waals surface area contributed by atoms with Gasteiger partial charge in [-0.1, -0.05) is 18.2 Å². The van der Waals surface area contributed by atoms with Gasteiger partial charge in [0.1, 0.15) is 0 Å². The Kier molecular flexibility index (Phi) is 6.56. The van der Waals surface area contributed by atoms with Gasteiger partial charge in [-0.3, -0.25) is 11.3 Å². The van der Waals surface area contributed by atoms with E-state index in [0.29, 0.717) is 0 Å². The smallest absolute Gasteiger partial charge is 0.224 e. The van der Waals surface area contributed by atoms with Gasteiger partial charge in [0, 0.05) is 5.69 Å². The molecule has 0 saturated heterocycles.